The van der Waals surface area contributed by atoms with Crippen LogP contribution in [0.4, 0.5) is 8.78 Å². The smallest absolute Gasteiger partial charge is 0.236 e. The second-order valence-corrected chi connectivity index (χ2v) is 11.6. The molecule has 2 heterocycles. The molecular formula is C27H35Cl2F2N3O4. The van der Waals surface area contributed by atoms with Crippen LogP contribution in [-0.4, -0.2) is 54.1 Å². The largest absolute Gasteiger partial charge is 0.394 e. The Morgan fingerprint density at radius 1 is 1.24 bits per heavy atom. The third-order valence-electron chi connectivity index (χ3n) is 6.77. The SMILES string of the molecule is CC(C)(C)C[C@H]1N[C@@H](CONCC[C@@H](O)CO)[C@H](c2cccc(Cl)c2F)[C@]12/C=C/C(F)=C(Cl)\C=C\NC2=O. The highest BCUT2D eigenvalue weighted by molar-refractivity contribution is 6.31. The lowest BCUT2D eigenvalue weighted by atomic mass is 9.64. The predicted octanol–water partition coefficient (Wildman–Crippen LogP) is 4.21. The molecule has 5 atom stereocenters. The van der Waals surface area contributed by atoms with Crippen LogP contribution in [0.15, 0.2) is 53.5 Å². The van der Waals surface area contributed by atoms with Crippen molar-refractivity contribution in [3.05, 3.63) is 69.9 Å². The van der Waals surface area contributed by atoms with Crippen molar-refractivity contribution < 1.29 is 28.6 Å². The second kappa shape index (κ2) is 13.0. The average molecular weight is 574 g/mol. The molecule has 0 aromatic heterocycles. The number of hydrogen-bond donors (Lipinski definition) is 5. The number of rotatable bonds is 9. The number of aliphatic hydroxyl groups is 2. The van der Waals surface area contributed by atoms with Crippen LogP contribution in [0.5, 0.6) is 0 Å². The van der Waals surface area contributed by atoms with Crippen LogP contribution in [-0.2, 0) is 9.63 Å². The van der Waals surface area contributed by atoms with Crippen molar-refractivity contribution in [1.29, 1.82) is 0 Å². The van der Waals surface area contributed by atoms with E-state index < -0.39 is 47.1 Å². The molecule has 1 fully saturated rings. The molecule has 210 valence electrons. The fourth-order valence-electron chi connectivity index (χ4n) is 5.08. The van der Waals surface area contributed by atoms with Gasteiger partial charge in [-0.25, -0.2) is 14.3 Å². The fraction of sp³-hybridized carbons (Fsp3) is 0.519. The second-order valence-electron chi connectivity index (χ2n) is 10.8. The molecule has 3 rings (SSSR count). The van der Waals surface area contributed by atoms with Gasteiger partial charge in [0.15, 0.2) is 0 Å². The molecule has 11 heteroatoms. The number of aliphatic hydroxyl groups excluding tert-OH is 2. The number of hydrogen-bond acceptors (Lipinski definition) is 6. The molecule has 0 unspecified atom stereocenters. The maximum atomic E-state index is 15.6. The summed E-state index contributed by atoms with van der Waals surface area (Å²) in [5, 5.41) is 24.4. The molecule has 0 radical (unpaired) electrons. The van der Waals surface area contributed by atoms with Gasteiger partial charge in [0.1, 0.15) is 11.6 Å². The Kier molecular flexibility index (Phi) is 10.5. The van der Waals surface area contributed by atoms with Crippen molar-refractivity contribution in [1.82, 2.24) is 16.1 Å². The number of amides is 1. The molecule has 1 aromatic rings. The summed E-state index contributed by atoms with van der Waals surface area (Å²) < 4.78 is 30.4. The van der Waals surface area contributed by atoms with Crippen LogP contribution in [0.1, 0.15) is 45.1 Å². The first-order valence-electron chi connectivity index (χ1n) is 12.5. The third-order valence-corrected chi connectivity index (χ3v) is 7.37. The fourth-order valence-corrected chi connectivity index (χ4v) is 5.39. The van der Waals surface area contributed by atoms with E-state index in [1.54, 1.807) is 12.1 Å². The van der Waals surface area contributed by atoms with E-state index in [4.69, 9.17) is 33.1 Å². The van der Waals surface area contributed by atoms with Gasteiger partial charge in [-0.1, -0.05) is 62.2 Å². The number of carbonyl (C=O) groups is 1. The van der Waals surface area contributed by atoms with Gasteiger partial charge in [-0.3, -0.25) is 4.79 Å². The molecule has 1 spiro atoms. The standard InChI is InChI=1S/C27H35Cl2F2N3O4/c1-26(2,3)13-22-27(10-7-20(30)18(28)9-11-32-25(27)37)23(17-5-4-6-19(29)24(17)31)21(34-22)15-38-33-12-8-16(36)14-35/h4-7,9-11,16,21-23,33-36H,8,12-15H2,1-3H3,(H,32,37)/b10-7+,11-9+,20-18-/t16-,21+,22-,23+,27+/m1/s1. The van der Waals surface area contributed by atoms with Gasteiger partial charge in [0.05, 0.1) is 34.8 Å². The predicted molar refractivity (Wildman–Crippen MR) is 143 cm³/mol. The Morgan fingerprint density at radius 3 is 2.66 bits per heavy atom. The zero-order valence-electron chi connectivity index (χ0n) is 21.6. The number of allylic oxidation sites excluding steroid dienone is 4. The van der Waals surface area contributed by atoms with E-state index in [-0.39, 0.29) is 47.2 Å². The zero-order chi connectivity index (χ0) is 28.1. The van der Waals surface area contributed by atoms with E-state index in [2.05, 4.69) is 16.1 Å². The summed E-state index contributed by atoms with van der Waals surface area (Å²) in [5.74, 6) is -2.72. The molecule has 0 aliphatic carbocycles. The van der Waals surface area contributed by atoms with Crippen LogP contribution < -0.4 is 16.1 Å². The lowest BCUT2D eigenvalue weighted by Crippen LogP contribution is -2.49. The van der Waals surface area contributed by atoms with Crippen molar-refractivity contribution in [3.63, 3.8) is 0 Å². The topological polar surface area (TPSA) is 103 Å². The summed E-state index contributed by atoms with van der Waals surface area (Å²) in [7, 11) is 0. The van der Waals surface area contributed by atoms with Crippen molar-refractivity contribution in [2.75, 3.05) is 19.8 Å². The molecule has 2 aliphatic rings. The first-order valence-corrected chi connectivity index (χ1v) is 13.2. The summed E-state index contributed by atoms with van der Waals surface area (Å²) in [5.41, 5.74) is 1.21. The molecule has 1 aromatic carbocycles. The number of hydroxylamine groups is 1. The van der Waals surface area contributed by atoms with E-state index in [0.29, 0.717) is 6.42 Å². The van der Waals surface area contributed by atoms with Gasteiger partial charge >= 0.3 is 0 Å². The highest BCUT2D eigenvalue weighted by Gasteiger charge is 2.59. The van der Waals surface area contributed by atoms with E-state index in [1.807, 2.05) is 20.8 Å². The number of nitrogens with one attached hydrogen (secondary N) is 3. The summed E-state index contributed by atoms with van der Waals surface area (Å²) in [6, 6.07) is 3.44. The van der Waals surface area contributed by atoms with Gasteiger partial charge in [-0.05, 0) is 42.0 Å². The maximum absolute atomic E-state index is 15.6. The summed E-state index contributed by atoms with van der Waals surface area (Å²) >= 11 is 12.2. The molecule has 2 aliphatic heterocycles. The van der Waals surface area contributed by atoms with Crippen molar-refractivity contribution in [2.45, 2.75) is 57.7 Å². The number of halogens is 4. The Bertz CT molecular complexity index is 1090. The third kappa shape index (κ3) is 7.01. The van der Waals surface area contributed by atoms with Crippen LogP contribution in [0.2, 0.25) is 5.02 Å². The number of benzene rings is 1. The van der Waals surface area contributed by atoms with Gasteiger partial charge in [0, 0.05) is 30.7 Å². The lowest BCUT2D eigenvalue weighted by Gasteiger charge is -2.38. The maximum Gasteiger partial charge on any atom is 0.236 e. The van der Waals surface area contributed by atoms with E-state index in [1.165, 1.54) is 24.4 Å². The number of carbonyl (C=O) groups excluding carboxylic acids is 1. The van der Waals surface area contributed by atoms with E-state index >= 15 is 4.39 Å². The monoisotopic (exact) mass is 573 g/mol. The Labute approximate surface area is 231 Å². The molecular weight excluding hydrogens is 539 g/mol. The zero-order valence-corrected chi connectivity index (χ0v) is 23.1. The molecule has 5 N–H and O–H groups in total. The Hall–Kier alpha value is -1.85. The molecule has 0 bridgehead atoms. The van der Waals surface area contributed by atoms with Gasteiger partial charge in [-0.15, -0.1) is 0 Å². The normalized spacial score (nSPS) is 30.4. The first-order chi connectivity index (χ1) is 17.9. The Balaban J connectivity index is 2.11. The summed E-state index contributed by atoms with van der Waals surface area (Å²) in [6.45, 7) is 5.94. The summed E-state index contributed by atoms with van der Waals surface area (Å²) in [6.07, 6.45) is 4.99. The molecule has 1 amide bonds. The van der Waals surface area contributed by atoms with Crippen LogP contribution in [0.3, 0.4) is 0 Å². The first kappa shape index (κ1) is 30.7. The van der Waals surface area contributed by atoms with Gasteiger partial charge in [0.25, 0.3) is 0 Å². The van der Waals surface area contributed by atoms with E-state index in [0.717, 1.165) is 6.08 Å². The minimum atomic E-state index is -1.46. The van der Waals surface area contributed by atoms with Gasteiger partial charge in [0.2, 0.25) is 5.91 Å². The minimum Gasteiger partial charge on any atom is -0.394 e. The van der Waals surface area contributed by atoms with Crippen molar-refractivity contribution >= 4 is 29.1 Å². The minimum absolute atomic E-state index is 0.00424. The van der Waals surface area contributed by atoms with Crippen LogP contribution in [0.25, 0.3) is 0 Å². The summed E-state index contributed by atoms with van der Waals surface area (Å²) in [4.78, 5) is 19.6. The lowest BCUT2D eigenvalue weighted by molar-refractivity contribution is -0.129. The van der Waals surface area contributed by atoms with Crippen LogP contribution >= 0.6 is 23.2 Å². The Morgan fingerprint density at radius 2 is 1.97 bits per heavy atom. The quantitative estimate of drug-likeness (QED) is 0.224. The van der Waals surface area contributed by atoms with Crippen molar-refractivity contribution in [2.24, 2.45) is 10.8 Å². The van der Waals surface area contributed by atoms with Gasteiger partial charge in [-0.2, -0.15) is 0 Å². The average Bonchev–Trinajstić information content (AvgIpc) is 3.16. The molecule has 7 nitrogen and oxygen atoms in total. The van der Waals surface area contributed by atoms with Gasteiger partial charge < -0.3 is 25.7 Å². The highest BCUT2D eigenvalue weighted by Crippen LogP contribution is 2.52. The molecule has 0 saturated carbocycles. The van der Waals surface area contributed by atoms with Crippen LogP contribution in [0, 0.1) is 16.6 Å². The highest BCUT2D eigenvalue weighted by atomic mass is 35.5. The molecule has 38 heavy (non-hydrogen) atoms. The van der Waals surface area contributed by atoms with Crippen molar-refractivity contribution in [3.8, 4) is 0 Å². The molecule has 1 saturated heterocycles. The van der Waals surface area contributed by atoms with E-state index in [9.17, 15) is 14.3 Å².